The van der Waals surface area contributed by atoms with Gasteiger partial charge in [0.05, 0.1) is 11.4 Å². The van der Waals surface area contributed by atoms with Crippen molar-refractivity contribution in [3.63, 3.8) is 0 Å². The van der Waals surface area contributed by atoms with Crippen molar-refractivity contribution >= 4 is 38.4 Å². The third-order valence-electron chi connectivity index (χ3n) is 5.90. The van der Waals surface area contributed by atoms with Gasteiger partial charge in [0.25, 0.3) is 21.7 Å². The summed E-state index contributed by atoms with van der Waals surface area (Å²) in [6, 6.07) is 16.8. The first kappa shape index (κ1) is 24.7. The van der Waals surface area contributed by atoms with E-state index < -0.39 is 22.2 Å². The Kier molecular flexibility index (Phi) is 6.15. The average molecular weight is 528 g/mol. The Hall–Kier alpha value is -4.99. The van der Waals surface area contributed by atoms with Crippen LogP contribution in [-0.2, 0) is 10.2 Å². The van der Waals surface area contributed by atoms with Gasteiger partial charge in [-0.05, 0) is 42.6 Å². The van der Waals surface area contributed by atoms with Crippen LogP contribution in [0.2, 0.25) is 0 Å². The molecular formula is C26H21N7O4S. The minimum Gasteiger partial charge on any atom is -0.344 e. The molecule has 2 aromatic carbocycles. The van der Waals surface area contributed by atoms with Crippen LogP contribution in [0.4, 0.5) is 5.82 Å². The number of hydrogen-bond donors (Lipinski definition) is 3. The number of amides is 1. The molecule has 3 aromatic heterocycles. The van der Waals surface area contributed by atoms with E-state index in [0.29, 0.717) is 27.7 Å². The lowest BCUT2D eigenvalue weighted by Crippen LogP contribution is -2.33. The van der Waals surface area contributed by atoms with E-state index in [4.69, 9.17) is 11.6 Å². The average Bonchev–Trinajstić information content (AvgIpc) is 3.24. The number of fused-ring (bicyclic) bond motifs is 2. The van der Waals surface area contributed by atoms with Gasteiger partial charge < -0.3 is 5.32 Å². The molecule has 0 saturated carbocycles. The van der Waals surface area contributed by atoms with Gasteiger partial charge in [0, 0.05) is 29.3 Å². The lowest BCUT2D eigenvalue weighted by atomic mass is 10.0. The van der Waals surface area contributed by atoms with Crippen LogP contribution in [0.15, 0.2) is 77.9 Å². The van der Waals surface area contributed by atoms with Crippen LogP contribution < -0.4 is 20.7 Å². The van der Waals surface area contributed by atoms with Gasteiger partial charge in [-0.1, -0.05) is 36.3 Å². The highest BCUT2D eigenvalue weighted by atomic mass is 32.2. The molecule has 0 unspecified atom stereocenters. The fourth-order valence-corrected chi connectivity index (χ4v) is 4.72. The lowest BCUT2D eigenvalue weighted by molar-refractivity contribution is 0.0941. The molecule has 0 aliphatic rings. The molecular weight excluding hydrogens is 506 g/mol. The largest absolute Gasteiger partial charge is 0.344 e. The lowest BCUT2D eigenvalue weighted by Gasteiger charge is -2.21. The van der Waals surface area contributed by atoms with Gasteiger partial charge in [-0.2, -0.15) is 8.42 Å². The Morgan fingerprint density at radius 1 is 1.13 bits per heavy atom. The number of benzene rings is 2. The van der Waals surface area contributed by atoms with Gasteiger partial charge in [-0.3, -0.25) is 18.9 Å². The highest BCUT2D eigenvalue weighted by Gasteiger charge is 2.26. The van der Waals surface area contributed by atoms with Gasteiger partial charge >= 0.3 is 0 Å². The van der Waals surface area contributed by atoms with Gasteiger partial charge in [-0.15, -0.1) is 11.5 Å². The van der Waals surface area contributed by atoms with Crippen molar-refractivity contribution in [1.82, 2.24) is 24.5 Å². The normalized spacial score (nSPS) is 12.2. The van der Waals surface area contributed by atoms with E-state index in [1.165, 1.54) is 21.5 Å². The summed E-state index contributed by atoms with van der Waals surface area (Å²) in [6.07, 6.45) is 8.62. The molecule has 0 saturated heterocycles. The molecule has 38 heavy (non-hydrogen) atoms. The summed E-state index contributed by atoms with van der Waals surface area (Å²) in [6.45, 7) is 1.70. The van der Waals surface area contributed by atoms with Gasteiger partial charge in [-0.25, -0.2) is 14.6 Å². The predicted octanol–water partition coefficient (Wildman–Crippen LogP) is 2.12. The maximum atomic E-state index is 13.8. The number of nitrogens with two attached hydrogens (primary N) is 1. The fraction of sp³-hybridized carbons (Fsp3) is 0.0769. The molecule has 0 aliphatic carbocycles. The molecule has 0 radical (unpaired) electrons. The molecule has 1 atom stereocenters. The molecule has 190 valence electrons. The number of para-hydroxylation sites is 1. The van der Waals surface area contributed by atoms with Crippen LogP contribution in [0.3, 0.4) is 0 Å². The molecule has 0 spiro atoms. The second kappa shape index (κ2) is 9.47. The number of hydrogen-bond acceptors (Lipinski definition) is 6. The third kappa shape index (κ3) is 4.47. The smallest absolute Gasteiger partial charge is 0.297 e. The number of rotatable bonds is 6. The fourth-order valence-electron chi connectivity index (χ4n) is 4.31. The molecule has 4 N–H and O–H groups in total. The van der Waals surface area contributed by atoms with Crippen molar-refractivity contribution in [2.45, 2.75) is 13.0 Å². The van der Waals surface area contributed by atoms with Crippen molar-refractivity contribution in [3.05, 3.63) is 100 Å². The zero-order chi connectivity index (χ0) is 27.0. The zero-order valence-corrected chi connectivity index (χ0v) is 20.8. The second-order valence-corrected chi connectivity index (χ2v) is 9.71. The van der Waals surface area contributed by atoms with Crippen molar-refractivity contribution in [2.75, 3.05) is 4.72 Å². The molecule has 0 bridgehead atoms. The minimum atomic E-state index is -4.24. The Morgan fingerprint density at radius 3 is 2.61 bits per heavy atom. The summed E-state index contributed by atoms with van der Waals surface area (Å²) in [7, 11) is -4.24. The van der Waals surface area contributed by atoms with E-state index in [9.17, 15) is 18.0 Å². The molecule has 1 amide bonds. The number of nitrogens with one attached hydrogen (secondary N) is 2. The van der Waals surface area contributed by atoms with Crippen LogP contribution in [0, 0.1) is 12.3 Å². The monoisotopic (exact) mass is 527 g/mol. The highest BCUT2D eigenvalue weighted by molar-refractivity contribution is 7.90. The highest BCUT2D eigenvalue weighted by Crippen LogP contribution is 2.25. The standard InChI is InChI=1S/C26H21N7O4S/c1-3-17-9-7-10-18-15-20(33(26(35)21(17)18)19-11-5-4-6-12-19)16(2)29-25(34)22-23(31-38(27,36)37)30-32-14-8-13-28-24(22)32/h1,4-16H,2H3,(H,29,34)(H,30,31)(H2,27,36,37)/t16-/m0/s1. The summed E-state index contributed by atoms with van der Waals surface area (Å²) < 4.78 is 28.3. The molecule has 3 heterocycles. The predicted molar refractivity (Wildman–Crippen MR) is 143 cm³/mol. The number of terminal acetylenes is 1. The number of anilines is 1. The first-order chi connectivity index (χ1) is 18.2. The number of carbonyl (C=O) groups excluding carboxylic acids is 1. The summed E-state index contributed by atoms with van der Waals surface area (Å²) in [5.41, 5.74) is 1.15. The van der Waals surface area contributed by atoms with Crippen LogP contribution in [0.25, 0.3) is 22.1 Å². The second-order valence-electron chi connectivity index (χ2n) is 8.41. The summed E-state index contributed by atoms with van der Waals surface area (Å²) >= 11 is 0. The zero-order valence-electron chi connectivity index (χ0n) is 20.0. The summed E-state index contributed by atoms with van der Waals surface area (Å²) in [4.78, 5) is 31.4. The van der Waals surface area contributed by atoms with Crippen molar-refractivity contribution in [1.29, 1.82) is 0 Å². The van der Waals surface area contributed by atoms with Crippen molar-refractivity contribution in [3.8, 4) is 18.0 Å². The van der Waals surface area contributed by atoms with Crippen molar-refractivity contribution < 1.29 is 13.2 Å². The van der Waals surface area contributed by atoms with Crippen LogP contribution in [0.5, 0.6) is 0 Å². The SMILES string of the molecule is C#Cc1cccc2cc([C@H](C)NC(=O)c3c(NS(N)(=O)=O)nn4cccnc34)n(-c3ccccc3)c(=O)c12. The van der Waals surface area contributed by atoms with E-state index in [1.54, 1.807) is 61.5 Å². The summed E-state index contributed by atoms with van der Waals surface area (Å²) in [5.74, 6) is 1.60. The molecule has 5 rings (SSSR count). The molecule has 0 fully saturated rings. The van der Waals surface area contributed by atoms with E-state index >= 15 is 0 Å². The first-order valence-electron chi connectivity index (χ1n) is 11.3. The molecule has 5 aromatic rings. The Morgan fingerprint density at radius 2 is 1.89 bits per heavy atom. The van der Waals surface area contributed by atoms with Crippen LogP contribution in [0.1, 0.15) is 34.6 Å². The third-order valence-corrected chi connectivity index (χ3v) is 6.38. The number of pyridine rings is 1. The topological polar surface area (TPSA) is 153 Å². The maximum Gasteiger partial charge on any atom is 0.297 e. The first-order valence-corrected chi connectivity index (χ1v) is 12.9. The van der Waals surface area contributed by atoms with Crippen LogP contribution >= 0.6 is 0 Å². The van der Waals surface area contributed by atoms with Crippen LogP contribution in [-0.4, -0.2) is 33.5 Å². The number of aromatic nitrogens is 4. The van der Waals surface area contributed by atoms with E-state index in [1.807, 2.05) is 6.07 Å². The van der Waals surface area contributed by atoms with Gasteiger partial charge in [0.15, 0.2) is 11.5 Å². The molecule has 0 aliphatic heterocycles. The molecule has 12 heteroatoms. The van der Waals surface area contributed by atoms with Crippen molar-refractivity contribution in [2.24, 2.45) is 5.14 Å². The molecule has 11 nitrogen and oxygen atoms in total. The van der Waals surface area contributed by atoms with Gasteiger partial charge in [0.2, 0.25) is 0 Å². The Balaban J connectivity index is 1.65. The van der Waals surface area contributed by atoms with E-state index in [-0.39, 0.29) is 22.6 Å². The van der Waals surface area contributed by atoms with Gasteiger partial charge in [0.1, 0.15) is 5.56 Å². The summed E-state index contributed by atoms with van der Waals surface area (Å²) in [5, 5.41) is 13.1. The Bertz CT molecular complexity index is 1920. The minimum absolute atomic E-state index is 0.112. The van der Waals surface area contributed by atoms with E-state index in [2.05, 4.69) is 26.0 Å². The maximum absolute atomic E-state index is 13.8. The van der Waals surface area contributed by atoms with E-state index in [0.717, 1.165) is 0 Å². The quantitative estimate of drug-likeness (QED) is 0.288. The number of carbonyl (C=O) groups is 1. The number of nitrogens with zero attached hydrogens (tertiary/aromatic N) is 4. The Labute approximate surface area is 217 Å².